The van der Waals surface area contributed by atoms with Crippen LogP contribution in [0.2, 0.25) is 0 Å². The third-order valence-corrected chi connectivity index (χ3v) is 5.01. The summed E-state index contributed by atoms with van der Waals surface area (Å²) in [4.78, 5) is 14.4. The number of hydrogen-bond acceptors (Lipinski definition) is 3. The van der Waals surface area contributed by atoms with Crippen molar-refractivity contribution in [3.8, 4) is 0 Å². The molecule has 5 nitrogen and oxygen atoms in total. The average molecular weight is 444 g/mol. The molecule has 1 aliphatic heterocycles. The lowest BCUT2D eigenvalue weighted by molar-refractivity contribution is -0.427. The summed E-state index contributed by atoms with van der Waals surface area (Å²) < 4.78 is 4.11. The minimum Gasteiger partial charge on any atom is -0.378 e. The maximum atomic E-state index is 10.3. The van der Waals surface area contributed by atoms with Gasteiger partial charge in [-0.05, 0) is 54.1 Å². The van der Waals surface area contributed by atoms with E-state index in [2.05, 4.69) is 79.3 Å². The van der Waals surface area contributed by atoms with Crippen LogP contribution < -0.4 is 9.80 Å². The van der Waals surface area contributed by atoms with Gasteiger partial charge in [-0.1, -0.05) is 12.1 Å². The molecule has 2 aromatic carbocycles. The fourth-order valence-corrected chi connectivity index (χ4v) is 2.94. The molecule has 5 heteroatoms. The van der Waals surface area contributed by atoms with E-state index < -0.39 is 0 Å². The van der Waals surface area contributed by atoms with Crippen LogP contribution in [0, 0.1) is 0 Å². The normalized spacial score (nSPS) is 12.8. The summed E-state index contributed by atoms with van der Waals surface area (Å²) in [6, 6.07) is 20.0. The third kappa shape index (κ3) is 8.65. The van der Waals surface area contributed by atoms with E-state index in [0.717, 1.165) is 17.5 Å². The molecule has 1 aromatic heterocycles. The Balaban J connectivity index is 0.000000195. The highest BCUT2D eigenvalue weighted by Crippen LogP contribution is 2.16. The van der Waals surface area contributed by atoms with Crippen LogP contribution in [-0.2, 0) is 7.05 Å². The zero-order chi connectivity index (χ0) is 24.2. The summed E-state index contributed by atoms with van der Waals surface area (Å²) in [5, 5.41) is 0. The molecule has 0 radical (unpaired) electrons. The lowest BCUT2D eigenvalue weighted by Gasteiger charge is -2.11. The second-order valence-electron chi connectivity index (χ2n) is 8.13. The molecule has 0 aliphatic carbocycles. The third-order valence-electron chi connectivity index (χ3n) is 5.01. The number of aryl methyl sites for hydroxylation is 1. The van der Waals surface area contributed by atoms with Crippen LogP contribution in [-0.4, -0.2) is 56.9 Å². The Morgan fingerprint density at radius 2 is 1.27 bits per heavy atom. The smallest absolute Gasteiger partial charge is 0.205 e. The van der Waals surface area contributed by atoms with Gasteiger partial charge in [0.25, 0.3) is 0 Å². The molecule has 2 heterocycles. The lowest BCUT2D eigenvalue weighted by Crippen LogP contribution is -2.08. The molecule has 0 unspecified atom stereocenters. The number of nitrogens with zero attached hydrogens (tertiary/aromatic N) is 4. The van der Waals surface area contributed by atoms with Gasteiger partial charge in [-0.2, -0.15) is 0 Å². The molecule has 172 valence electrons. The molecule has 0 bridgehead atoms. The number of likely N-dealkylation sites (N-methyl/N-ethyl adjacent to an activating group) is 1. The Bertz CT molecular complexity index is 1070. The number of aromatic nitrogens is 1. The monoisotopic (exact) mass is 443 g/mol. The molecular formula is C28H35N4O+. The molecule has 0 fully saturated rings. The van der Waals surface area contributed by atoms with Crippen LogP contribution >= 0.6 is 0 Å². The lowest BCUT2D eigenvalue weighted by atomic mass is 10.1. The van der Waals surface area contributed by atoms with Gasteiger partial charge in [0.15, 0.2) is 6.21 Å². The number of rotatable bonds is 4. The maximum Gasteiger partial charge on any atom is 0.205 e. The first-order valence-electron chi connectivity index (χ1n) is 10.8. The predicted octanol–water partition coefficient (Wildman–Crippen LogP) is 4.97. The standard InChI is InChI=1S/C14H17N2.C9H11NO.C5H7N/c1-15(2)13-8-6-12(7-9-13)11-14-5-4-10-16(14)3;1-10(2)9-5-3-8(7-11)4-6-9;1-6-4-2-3-5-6/h4-11H,1-3H3;3-7H,1-2H3;2-5H,1H3/q+1;;. The van der Waals surface area contributed by atoms with Gasteiger partial charge < -0.3 is 14.4 Å². The molecule has 33 heavy (non-hydrogen) atoms. The number of benzene rings is 2. The second kappa shape index (κ2) is 12.9. The summed E-state index contributed by atoms with van der Waals surface area (Å²) in [5.74, 6) is 0. The molecule has 3 aromatic rings. The number of allylic oxidation sites excluding steroid dienone is 2. The molecular weight excluding hydrogens is 408 g/mol. The molecule has 0 saturated heterocycles. The topological polar surface area (TPSA) is 31.5 Å². The van der Waals surface area contributed by atoms with Gasteiger partial charge >= 0.3 is 0 Å². The molecule has 0 saturated carbocycles. The number of anilines is 2. The number of carbonyl (C=O) groups is 1. The molecule has 0 spiro atoms. The summed E-state index contributed by atoms with van der Waals surface area (Å²) in [6.07, 6.45) is 13.2. The molecule has 0 amide bonds. The molecule has 0 N–H and O–H groups in total. The van der Waals surface area contributed by atoms with Crippen molar-refractivity contribution in [1.29, 1.82) is 0 Å². The molecule has 1 aliphatic rings. The van der Waals surface area contributed by atoms with E-state index in [1.807, 2.05) is 79.4 Å². The second-order valence-corrected chi connectivity index (χ2v) is 8.13. The van der Waals surface area contributed by atoms with Crippen molar-refractivity contribution >= 4 is 30.0 Å². The average Bonchev–Trinajstić information content (AvgIpc) is 3.46. The van der Waals surface area contributed by atoms with E-state index in [4.69, 9.17) is 0 Å². The highest BCUT2D eigenvalue weighted by atomic mass is 16.1. The summed E-state index contributed by atoms with van der Waals surface area (Å²) >= 11 is 0. The van der Waals surface area contributed by atoms with Crippen molar-refractivity contribution < 1.29 is 9.37 Å². The van der Waals surface area contributed by atoms with Crippen molar-refractivity contribution in [2.75, 3.05) is 45.0 Å². The zero-order valence-electron chi connectivity index (χ0n) is 20.5. The van der Waals surface area contributed by atoms with Gasteiger partial charge in [0.1, 0.15) is 13.3 Å². The summed E-state index contributed by atoms with van der Waals surface area (Å²) in [6.45, 7) is 0. The number of aldehydes is 1. The van der Waals surface area contributed by atoms with Crippen LogP contribution in [0.15, 0.2) is 90.9 Å². The van der Waals surface area contributed by atoms with Crippen molar-refractivity contribution in [2.45, 2.75) is 0 Å². The first-order chi connectivity index (χ1) is 15.8. The van der Waals surface area contributed by atoms with Gasteiger partial charge in [-0.25, -0.2) is 4.58 Å². The van der Waals surface area contributed by atoms with Crippen LogP contribution in [0.3, 0.4) is 0 Å². The van der Waals surface area contributed by atoms with Gasteiger partial charge in [-0.3, -0.25) is 4.79 Å². The Morgan fingerprint density at radius 3 is 1.61 bits per heavy atom. The fraction of sp³-hybridized carbons (Fsp3) is 0.214. The minimum atomic E-state index is 0.718. The van der Waals surface area contributed by atoms with Crippen molar-refractivity contribution in [2.24, 2.45) is 7.05 Å². The Hall–Kier alpha value is -3.86. The highest BCUT2D eigenvalue weighted by molar-refractivity contribution is 5.75. The van der Waals surface area contributed by atoms with E-state index in [-0.39, 0.29) is 0 Å². The molecule has 4 rings (SSSR count). The Kier molecular flexibility index (Phi) is 9.90. The van der Waals surface area contributed by atoms with Crippen molar-refractivity contribution in [3.05, 3.63) is 102 Å². The van der Waals surface area contributed by atoms with Gasteiger partial charge in [0.2, 0.25) is 5.70 Å². The summed E-state index contributed by atoms with van der Waals surface area (Å²) in [5.41, 5.74) is 5.50. The SMILES string of the molecule is CN(C)c1ccc(/C=C2\C=CC=[N+]2C)cc1.CN(C)c1ccc(C=O)cc1.Cn1cccc1. The van der Waals surface area contributed by atoms with Gasteiger partial charge in [-0.15, -0.1) is 0 Å². The van der Waals surface area contributed by atoms with Crippen molar-refractivity contribution in [1.82, 2.24) is 4.57 Å². The van der Waals surface area contributed by atoms with Crippen LogP contribution in [0.25, 0.3) is 6.08 Å². The Labute approximate surface area is 198 Å². The van der Waals surface area contributed by atoms with Gasteiger partial charge in [0.05, 0.1) is 0 Å². The predicted molar refractivity (Wildman–Crippen MR) is 142 cm³/mol. The van der Waals surface area contributed by atoms with E-state index in [1.165, 1.54) is 16.9 Å². The quantitative estimate of drug-likeness (QED) is 0.422. The van der Waals surface area contributed by atoms with E-state index in [9.17, 15) is 4.79 Å². The van der Waals surface area contributed by atoms with E-state index in [1.54, 1.807) is 0 Å². The van der Waals surface area contributed by atoms with E-state index in [0.29, 0.717) is 0 Å². The highest BCUT2D eigenvalue weighted by Gasteiger charge is 2.08. The van der Waals surface area contributed by atoms with Crippen molar-refractivity contribution in [3.63, 3.8) is 0 Å². The number of carbonyl (C=O) groups excluding carboxylic acids is 1. The minimum absolute atomic E-state index is 0.718. The van der Waals surface area contributed by atoms with E-state index >= 15 is 0 Å². The first kappa shape index (κ1) is 25.4. The van der Waals surface area contributed by atoms with Crippen LogP contribution in [0.5, 0.6) is 0 Å². The van der Waals surface area contributed by atoms with Gasteiger partial charge in [0, 0.05) is 82.8 Å². The Morgan fingerprint density at radius 1 is 0.788 bits per heavy atom. The first-order valence-corrected chi connectivity index (χ1v) is 10.8. The van der Waals surface area contributed by atoms with Crippen LogP contribution in [0.1, 0.15) is 15.9 Å². The largest absolute Gasteiger partial charge is 0.378 e. The van der Waals surface area contributed by atoms with Crippen LogP contribution in [0.4, 0.5) is 11.4 Å². The summed E-state index contributed by atoms with van der Waals surface area (Å²) in [7, 11) is 12.1. The number of hydrogen-bond donors (Lipinski definition) is 0. The fourth-order valence-electron chi connectivity index (χ4n) is 2.94. The zero-order valence-corrected chi connectivity index (χ0v) is 20.5. The maximum absolute atomic E-state index is 10.3. The molecule has 0 atom stereocenters.